The third-order valence-corrected chi connectivity index (χ3v) is 4.14. The number of hydrogen-bond acceptors (Lipinski definition) is 3. The Morgan fingerprint density at radius 1 is 1.38 bits per heavy atom. The van der Waals surface area contributed by atoms with Crippen molar-refractivity contribution in [2.45, 2.75) is 32.9 Å². The van der Waals surface area contributed by atoms with Crippen molar-refractivity contribution < 1.29 is 4.74 Å². The summed E-state index contributed by atoms with van der Waals surface area (Å²) in [6.45, 7) is 6.86. The van der Waals surface area contributed by atoms with Crippen molar-refractivity contribution in [1.82, 2.24) is 15.1 Å². The van der Waals surface area contributed by atoms with Gasteiger partial charge in [-0.1, -0.05) is 25.1 Å². The van der Waals surface area contributed by atoms with Crippen LogP contribution in [-0.2, 0) is 13.0 Å². The second kappa shape index (κ2) is 6.31. The first-order valence-electron chi connectivity index (χ1n) is 7.78. The average molecular weight is 285 g/mol. The molecule has 2 heterocycles. The smallest absolute Gasteiger partial charge is 0.122 e. The molecule has 0 bridgehead atoms. The van der Waals surface area contributed by atoms with Gasteiger partial charge < -0.3 is 10.1 Å². The van der Waals surface area contributed by atoms with Gasteiger partial charge in [0.25, 0.3) is 0 Å². The number of para-hydroxylation sites is 1. The van der Waals surface area contributed by atoms with E-state index in [2.05, 4.69) is 48.7 Å². The van der Waals surface area contributed by atoms with E-state index in [0.29, 0.717) is 12.0 Å². The van der Waals surface area contributed by atoms with Crippen molar-refractivity contribution in [2.75, 3.05) is 13.2 Å². The van der Waals surface area contributed by atoms with Crippen LogP contribution in [0.3, 0.4) is 0 Å². The highest BCUT2D eigenvalue weighted by Gasteiger charge is 2.28. The molecule has 112 valence electrons. The molecule has 0 amide bonds. The minimum atomic E-state index is 0.295. The second-order valence-corrected chi connectivity index (χ2v) is 5.55. The van der Waals surface area contributed by atoms with Crippen molar-refractivity contribution in [2.24, 2.45) is 5.92 Å². The van der Waals surface area contributed by atoms with Crippen LogP contribution in [0.25, 0.3) is 0 Å². The summed E-state index contributed by atoms with van der Waals surface area (Å²) in [6.07, 6.45) is 5.18. The molecule has 3 rings (SSSR count). The molecule has 0 radical (unpaired) electrons. The lowest BCUT2D eigenvalue weighted by atomic mass is 9.87. The van der Waals surface area contributed by atoms with Gasteiger partial charge in [-0.15, -0.1) is 0 Å². The fraction of sp³-hybridized carbons (Fsp3) is 0.471. The van der Waals surface area contributed by atoms with Crippen LogP contribution in [-0.4, -0.2) is 22.9 Å². The third kappa shape index (κ3) is 2.95. The summed E-state index contributed by atoms with van der Waals surface area (Å²) in [5.41, 5.74) is 2.56. The van der Waals surface area contributed by atoms with Crippen molar-refractivity contribution >= 4 is 0 Å². The van der Waals surface area contributed by atoms with Crippen LogP contribution >= 0.6 is 0 Å². The van der Waals surface area contributed by atoms with E-state index in [1.54, 1.807) is 0 Å². The number of benzene rings is 1. The molecule has 2 aromatic rings. The van der Waals surface area contributed by atoms with Crippen LogP contribution in [0, 0.1) is 5.92 Å². The molecule has 0 fully saturated rings. The number of aryl methyl sites for hydroxylation is 1. The van der Waals surface area contributed by atoms with Gasteiger partial charge in [0.1, 0.15) is 5.75 Å². The first-order chi connectivity index (χ1) is 10.3. The third-order valence-electron chi connectivity index (χ3n) is 4.14. The summed E-state index contributed by atoms with van der Waals surface area (Å²) in [5, 5.41) is 8.02. The van der Waals surface area contributed by atoms with E-state index < -0.39 is 0 Å². The fourth-order valence-electron chi connectivity index (χ4n) is 3.06. The van der Waals surface area contributed by atoms with Crippen LogP contribution in [0.15, 0.2) is 36.7 Å². The predicted octanol–water partition coefficient (Wildman–Crippen LogP) is 2.80. The fourth-order valence-corrected chi connectivity index (χ4v) is 3.06. The Morgan fingerprint density at radius 3 is 3.00 bits per heavy atom. The Labute approximate surface area is 126 Å². The monoisotopic (exact) mass is 285 g/mol. The molecule has 1 aliphatic rings. The molecule has 4 nitrogen and oxygen atoms in total. The maximum atomic E-state index is 5.95. The summed E-state index contributed by atoms with van der Waals surface area (Å²) in [4.78, 5) is 0. The Balaban J connectivity index is 1.82. The van der Waals surface area contributed by atoms with E-state index in [-0.39, 0.29) is 0 Å². The van der Waals surface area contributed by atoms with Crippen LogP contribution in [0.2, 0.25) is 0 Å². The number of nitrogens with one attached hydrogen (secondary N) is 1. The maximum Gasteiger partial charge on any atom is 0.122 e. The number of ether oxygens (including phenoxy) is 1. The largest absolute Gasteiger partial charge is 0.493 e. The number of aromatic nitrogens is 2. The molecular weight excluding hydrogens is 262 g/mol. The van der Waals surface area contributed by atoms with Crippen LogP contribution in [0.1, 0.15) is 31.0 Å². The van der Waals surface area contributed by atoms with Gasteiger partial charge in [-0.05, 0) is 31.5 Å². The highest BCUT2D eigenvalue weighted by atomic mass is 16.5. The van der Waals surface area contributed by atoms with Gasteiger partial charge in [0.15, 0.2) is 0 Å². The molecule has 0 aliphatic carbocycles. The lowest BCUT2D eigenvalue weighted by molar-refractivity contribution is 0.185. The Bertz CT molecular complexity index is 593. The summed E-state index contributed by atoms with van der Waals surface area (Å²) in [5.74, 6) is 1.47. The quantitative estimate of drug-likeness (QED) is 0.918. The molecule has 2 atom stereocenters. The zero-order valence-electron chi connectivity index (χ0n) is 12.7. The van der Waals surface area contributed by atoms with Gasteiger partial charge in [-0.2, -0.15) is 5.10 Å². The minimum Gasteiger partial charge on any atom is -0.493 e. The zero-order chi connectivity index (χ0) is 14.7. The molecule has 1 N–H and O–H groups in total. The molecule has 1 aromatic heterocycles. The van der Waals surface area contributed by atoms with Gasteiger partial charge in [0, 0.05) is 30.3 Å². The topological polar surface area (TPSA) is 39.1 Å². The van der Waals surface area contributed by atoms with Crippen molar-refractivity contribution in [3.8, 4) is 5.75 Å². The molecule has 4 heteroatoms. The number of nitrogens with zero attached hydrogens (tertiary/aromatic N) is 2. The van der Waals surface area contributed by atoms with Crippen molar-refractivity contribution in [3.63, 3.8) is 0 Å². The zero-order valence-corrected chi connectivity index (χ0v) is 12.7. The normalized spacial score (nSPS) is 18.9. The number of hydrogen-bond donors (Lipinski definition) is 1. The first kappa shape index (κ1) is 14.1. The number of rotatable bonds is 5. The highest BCUT2D eigenvalue weighted by molar-refractivity contribution is 5.35. The van der Waals surface area contributed by atoms with Gasteiger partial charge >= 0.3 is 0 Å². The molecule has 0 saturated heterocycles. The van der Waals surface area contributed by atoms with Crippen LogP contribution in [0.4, 0.5) is 0 Å². The molecule has 0 saturated carbocycles. The van der Waals surface area contributed by atoms with E-state index in [4.69, 9.17) is 4.74 Å². The molecule has 2 unspecified atom stereocenters. The lowest BCUT2D eigenvalue weighted by Crippen LogP contribution is -2.35. The second-order valence-electron chi connectivity index (χ2n) is 5.55. The Kier molecular flexibility index (Phi) is 4.25. The summed E-state index contributed by atoms with van der Waals surface area (Å²) in [6, 6.07) is 8.64. The predicted molar refractivity (Wildman–Crippen MR) is 83.4 cm³/mol. The Morgan fingerprint density at radius 2 is 2.24 bits per heavy atom. The van der Waals surface area contributed by atoms with E-state index >= 15 is 0 Å². The Hall–Kier alpha value is -1.81. The molecular formula is C17H23N3O. The van der Waals surface area contributed by atoms with E-state index in [9.17, 15) is 0 Å². The first-order valence-corrected chi connectivity index (χ1v) is 7.78. The van der Waals surface area contributed by atoms with E-state index in [1.165, 1.54) is 11.1 Å². The maximum absolute atomic E-state index is 5.95. The van der Waals surface area contributed by atoms with Crippen LogP contribution in [0.5, 0.6) is 5.75 Å². The highest BCUT2D eigenvalue weighted by Crippen LogP contribution is 2.33. The standard InChI is InChI=1S/C17H23N3O/c1-3-18-17(15-10-19-20(4-2)11-15)14-9-13-7-5-6-8-16(13)21-12-14/h5-8,10-11,14,17-18H,3-4,9,12H2,1-2H3. The van der Waals surface area contributed by atoms with E-state index in [1.807, 2.05) is 16.9 Å². The molecule has 21 heavy (non-hydrogen) atoms. The SMILES string of the molecule is CCNC(c1cnn(CC)c1)C1COc2ccccc2C1. The molecule has 1 aromatic carbocycles. The summed E-state index contributed by atoms with van der Waals surface area (Å²) in [7, 11) is 0. The summed E-state index contributed by atoms with van der Waals surface area (Å²) < 4.78 is 7.93. The van der Waals surface area contributed by atoms with Crippen molar-refractivity contribution in [1.29, 1.82) is 0 Å². The van der Waals surface area contributed by atoms with Crippen molar-refractivity contribution in [3.05, 3.63) is 47.8 Å². The van der Waals surface area contributed by atoms with Gasteiger partial charge in [-0.3, -0.25) is 4.68 Å². The van der Waals surface area contributed by atoms with Gasteiger partial charge in [0.2, 0.25) is 0 Å². The van der Waals surface area contributed by atoms with E-state index in [0.717, 1.165) is 31.9 Å². The molecule has 1 aliphatic heterocycles. The van der Waals surface area contributed by atoms with Crippen LogP contribution < -0.4 is 10.1 Å². The lowest BCUT2D eigenvalue weighted by Gasteiger charge is -2.31. The molecule has 0 spiro atoms. The summed E-state index contributed by atoms with van der Waals surface area (Å²) >= 11 is 0. The minimum absolute atomic E-state index is 0.295. The van der Waals surface area contributed by atoms with Gasteiger partial charge in [0.05, 0.1) is 12.8 Å². The number of fused-ring (bicyclic) bond motifs is 1. The average Bonchev–Trinajstić information content (AvgIpc) is 3.01. The van der Waals surface area contributed by atoms with Gasteiger partial charge in [-0.25, -0.2) is 0 Å².